The predicted octanol–water partition coefficient (Wildman–Crippen LogP) is 3.35. The normalized spacial score (nSPS) is 10.9. The van der Waals surface area contributed by atoms with Gasteiger partial charge >= 0.3 is 0 Å². The Morgan fingerprint density at radius 1 is 1.39 bits per heavy atom. The fourth-order valence-corrected chi connectivity index (χ4v) is 2.25. The highest BCUT2D eigenvalue weighted by Crippen LogP contribution is 2.20. The lowest BCUT2D eigenvalue weighted by molar-refractivity contribution is 0.760. The smallest absolute Gasteiger partial charge is 0.135 e. The summed E-state index contributed by atoms with van der Waals surface area (Å²) in [5, 5.41) is 2.51. The molecule has 0 amide bonds. The maximum Gasteiger partial charge on any atom is 0.135 e. The molecule has 6 heteroatoms. The van der Waals surface area contributed by atoms with Crippen LogP contribution in [-0.4, -0.2) is 22.0 Å². The number of thiazole rings is 1. The van der Waals surface area contributed by atoms with Crippen LogP contribution in [-0.2, 0) is 6.54 Å². The summed E-state index contributed by atoms with van der Waals surface area (Å²) in [6, 6.07) is 1.78. The van der Waals surface area contributed by atoms with E-state index in [1.165, 1.54) is 0 Å². The number of nitrogens with zero attached hydrogens (tertiary/aromatic N) is 4. The molecule has 0 saturated heterocycles. The van der Waals surface area contributed by atoms with Gasteiger partial charge in [-0.05, 0) is 0 Å². The van der Waals surface area contributed by atoms with Crippen LogP contribution in [0.4, 0.5) is 5.82 Å². The Morgan fingerprint density at radius 2 is 2.17 bits per heavy atom. The van der Waals surface area contributed by atoms with E-state index in [0.29, 0.717) is 11.7 Å². The van der Waals surface area contributed by atoms with Crippen molar-refractivity contribution in [3.63, 3.8) is 0 Å². The average Bonchev–Trinajstić information content (AvgIpc) is 2.80. The van der Waals surface area contributed by atoms with Crippen LogP contribution in [0.1, 0.15) is 31.3 Å². The fraction of sp³-hybridized carbons (Fsp3) is 0.417. The number of hydrogen-bond donors (Lipinski definition) is 0. The van der Waals surface area contributed by atoms with Gasteiger partial charge in [-0.25, -0.2) is 15.0 Å². The molecule has 2 aromatic heterocycles. The van der Waals surface area contributed by atoms with E-state index >= 15 is 0 Å². The summed E-state index contributed by atoms with van der Waals surface area (Å²) in [7, 11) is 1.97. The lowest BCUT2D eigenvalue weighted by Crippen LogP contribution is -2.19. The van der Waals surface area contributed by atoms with Crippen LogP contribution in [0.3, 0.4) is 0 Å². The highest BCUT2D eigenvalue weighted by Gasteiger charge is 2.11. The van der Waals surface area contributed by atoms with Crippen molar-refractivity contribution in [2.24, 2.45) is 0 Å². The first-order chi connectivity index (χ1) is 8.56. The quantitative estimate of drug-likeness (QED) is 0.807. The minimum atomic E-state index is 0.259. The van der Waals surface area contributed by atoms with Crippen molar-refractivity contribution in [2.75, 3.05) is 11.9 Å². The van der Waals surface area contributed by atoms with Crippen LogP contribution >= 0.6 is 22.9 Å². The molecule has 0 saturated carbocycles. The zero-order valence-electron chi connectivity index (χ0n) is 10.6. The van der Waals surface area contributed by atoms with Gasteiger partial charge in [0.15, 0.2) is 0 Å². The highest BCUT2D eigenvalue weighted by molar-refractivity contribution is 7.07. The Bertz CT molecular complexity index is 513. The molecule has 0 atom stereocenters. The van der Waals surface area contributed by atoms with E-state index in [1.54, 1.807) is 17.4 Å². The Hall–Kier alpha value is -1.20. The van der Waals surface area contributed by atoms with Gasteiger partial charge in [-0.2, -0.15) is 0 Å². The van der Waals surface area contributed by atoms with Crippen molar-refractivity contribution in [1.82, 2.24) is 15.0 Å². The molecule has 0 aromatic carbocycles. The van der Waals surface area contributed by atoms with Gasteiger partial charge in [0.2, 0.25) is 0 Å². The van der Waals surface area contributed by atoms with Crippen molar-refractivity contribution in [2.45, 2.75) is 26.3 Å². The summed E-state index contributed by atoms with van der Waals surface area (Å²) in [5.41, 5.74) is 2.86. The minimum Gasteiger partial charge on any atom is -0.354 e. The molecule has 0 spiro atoms. The van der Waals surface area contributed by atoms with Gasteiger partial charge in [-0.3, -0.25) is 0 Å². The fourth-order valence-electron chi connectivity index (χ4n) is 1.52. The highest BCUT2D eigenvalue weighted by atomic mass is 35.5. The van der Waals surface area contributed by atoms with Crippen LogP contribution < -0.4 is 4.90 Å². The van der Waals surface area contributed by atoms with Crippen molar-refractivity contribution in [3.8, 4) is 0 Å². The SMILES string of the molecule is CC(C)c1nc(Cl)cc(N(C)Cc2cscn2)n1. The lowest BCUT2D eigenvalue weighted by Gasteiger charge is -2.18. The maximum atomic E-state index is 6.03. The van der Waals surface area contributed by atoms with Crippen molar-refractivity contribution < 1.29 is 0 Å². The van der Waals surface area contributed by atoms with E-state index in [2.05, 4.69) is 28.8 Å². The Kier molecular flexibility index (Phi) is 4.14. The topological polar surface area (TPSA) is 41.9 Å². The van der Waals surface area contributed by atoms with Gasteiger partial charge in [0.1, 0.15) is 16.8 Å². The molecule has 0 aliphatic carbocycles. The molecule has 2 heterocycles. The number of aromatic nitrogens is 3. The number of hydrogen-bond acceptors (Lipinski definition) is 5. The molecule has 2 rings (SSSR count). The van der Waals surface area contributed by atoms with E-state index in [1.807, 2.05) is 22.8 Å². The average molecular weight is 283 g/mol. The summed E-state index contributed by atoms with van der Waals surface area (Å²) >= 11 is 7.62. The van der Waals surface area contributed by atoms with Gasteiger partial charge in [0, 0.05) is 24.4 Å². The van der Waals surface area contributed by atoms with Gasteiger partial charge in [-0.1, -0.05) is 25.4 Å². The molecular weight excluding hydrogens is 268 g/mol. The zero-order valence-corrected chi connectivity index (χ0v) is 12.2. The minimum absolute atomic E-state index is 0.259. The first kappa shape index (κ1) is 13.2. The first-order valence-electron chi connectivity index (χ1n) is 5.69. The van der Waals surface area contributed by atoms with Gasteiger partial charge < -0.3 is 4.90 Å². The molecule has 0 radical (unpaired) electrons. The van der Waals surface area contributed by atoms with Crippen LogP contribution in [0.15, 0.2) is 17.0 Å². The number of rotatable bonds is 4. The lowest BCUT2D eigenvalue weighted by atomic mass is 10.2. The van der Waals surface area contributed by atoms with Crippen LogP contribution in [0, 0.1) is 0 Å². The van der Waals surface area contributed by atoms with Gasteiger partial charge in [-0.15, -0.1) is 11.3 Å². The van der Waals surface area contributed by atoms with Crippen molar-refractivity contribution >= 4 is 28.8 Å². The molecule has 18 heavy (non-hydrogen) atoms. The molecule has 0 unspecified atom stereocenters. The van der Waals surface area contributed by atoms with Gasteiger partial charge in [0.25, 0.3) is 0 Å². The first-order valence-corrected chi connectivity index (χ1v) is 7.01. The predicted molar refractivity (Wildman–Crippen MR) is 75.4 cm³/mol. The Labute approximate surface area is 116 Å². The largest absolute Gasteiger partial charge is 0.354 e. The summed E-state index contributed by atoms with van der Waals surface area (Å²) < 4.78 is 0. The van der Waals surface area contributed by atoms with Crippen LogP contribution in [0.5, 0.6) is 0 Å². The second kappa shape index (κ2) is 5.63. The molecule has 96 valence electrons. The molecule has 0 bridgehead atoms. The van der Waals surface area contributed by atoms with Crippen LogP contribution in [0.2, 0.25) is 5.15 Å². The molecule has 0 fully saturated rings. The van der Waals surface area contributed by atoms with Gasteiger partial charge in [0.05, 0.1) is 17.7 Å². The Morgan fingerprint density at radius 3 is 2.78 bits per heavy atom. The number of halogens is 1. The maximum absolute atomic E-state index is 6.03. The van der Waals surface area contributed by atoms with E-state index in [4.69, 9.17) is 11.6 Å². The summed E-state index contributed by atoms with van der Waals surface area (Å²) in [5.74, 6) is 1.85. The monoisotopic (exact) mass is 282 g/mol. The van der Waals surface area contributed by atoms with E-state index in [0.717, 1.165) is 17.3 Å². The van der Waals surface area contributed by atoms with E-state index in [-0.39, 0.29) is 5.92 Å². The van der Waals surface area contributed by atoms with E-state index in [9.17, 15) is 0 Å². The molecule has 2 aromatic rings. The molecule has 0 N–H and O–H groups in total. The standard InChI is InChI=1S/C12H15ClN4S/c1-8(2)12-15-10(13)4-11(16-12)17(3)5-9-6-18-7-14-9/h4,6-8H,5H2,1-3H3. The van der Waals surface area contributed by atoms with Crippen molar-refractivity contribution in [3.05, 3.63) is 33.6 Å². The third-order valence-corrected chi connectivity index (χ3v) is 3.32. The van der Waals surface area contributed by atoms with E-state index < -0.39 is 0 Å². The third-order valence-electron chi connectivity index (χ3n) is 2.49. The summed E-state index contributed by atoms with van der Waals surface area (Å²) in [4.78, 5) is 15.0. The van der Waals surface area contributed by atoms with Crippen molar-refractivity contribution in [1.29, 1.82) is 0 Å². The molecule has 4 nitrogen and oxygen atoms in total. The summed E-state index contributed by atoms with van der Waals surface area (Å²) in [6.45, 7) is 4.82. The third kappa shape index (κ3) is 3.17. The second-order valence-electron chi connectivity index (χ2n) is 4.40. The van der Waals surface area contributed by atoms with Crippen LogP contribution in [0.25, 0.3) is 0 Å². The summed E-state index contributed by atoms with van der Waals surface area (Å²) in [6.07, 6.45) is 0. The molecule has 0 aliphatic heterocycles. The zero-order chi connectivity index (χ0) is 13.1. The molecule has 0 aliphatic rings. The second-order valence-corrected chi connectivity index (χ2v) is 5.50. The Balaban J connectivity index is 2.21. The molecular formula is C12H15ClN4S. The number of anilines is 1.